The van der Waals surface area contributed by atoms with Gasteiger partial charge in [-0.1, -0.05) is 0 Å². The van der Waals surface area contributed by atoms with Gasteiger partial charge in [0.15, 0.2) is 0 Å². The van der Waals surface area contributed by atoms with E-state index in [9.17, 15) is 4.79 Å². The summed E-state index contributed by atoms with van der Waals surface area (Å²) in [6, 6.07) is 0.379. The van der Waals surface area contributed by atoms with Crippen molar-refractivity contribution in [2.75, 3.05) is 46.4 Å². The van der Waals surface area contributed by atoms with E-state index in [4.69, 9.17) is 4.74 Å². The third-order valence-electron chi connectivity index (χ3n) is 4.80. The number of carbonyl (C=O) groups is 1. The lowest BCUT2D eigenvalue weighted by molar-refractivity contribution is -0.122. The van der Waals surface area contributed by atoms with Crippen LogP contribution >= 0.6 is 0 Å². The van der Waals surface area contributed by atoms with Crippen molar-refractivity contribution >= 4 is 5.91 Å². The molecule has 0 aromatic heterocycles. The Balaban J connectivity index is 1.56. The van der Waals surface area contributed by atoms with Crippen molar-refractivity contribution in [2.45, 2.75) is 44.6 Å². The predicted octanol–water partition coefficient (Wildman–Crippen LogP) is 0.993. The second kappa shape index (κ2) is 9.38. The summed E-state index contributed by atoms with van der Waals surface area (Å²) >= 11 is 0. The van der Waals surface area contributed by atoms with Gasteiger partial charge in [-0.05, 0) is 51.1 Å². The lowest BCUT2D eigenvalue weighted by Gasteiger charge is -2.32. The Hall–Kier alpha value is -0.650. The molecule has 0 aliphatic carbocycles. The van der Waals surface area contributed by atoms with Gasteiger partial charge < -0.3 is 20.3 Å². The zero-order valence-corrected chi connectivity index (χ0v) is 13.4. The van der Waals surface area contributed by atoms with E-state index in [1.807, 2.05) is 0 Å². The van der Waals surface area contributed by atoms with Crippen LogP contribution < -0.4 is 10.6 Å². The molecule has 2 fully saturated rings. The average molecular weight is 297 g/mol. The Bertz CT molecular complexity index is 298. The number of amides is 1. The normalized spacial score (nSPS) is 22.3. The molecule has 2 rings (SSSR count). The monoisotopic (exact) mass is 297 g/mol. The SMILES string of the molecule is COCCN1CCC(NC(=O)CCC2CCNCC2)CC1. The van der Waals surface area contributed by atoms with Crippen molar-refractivity contribution in [1.29, 1.82) is 0 Å². The third-order valence-corrected chi connectivity index (χ3v) is 4.80. The van der Waals surface area contributed by atoms with Crippen molar-refractivity contribution in [1.82, 2.24) is 15.5 Å². The number of hydrogen-bond acceptors (Lipinski definition) is 4. The summed E-state index contributed by atoms with van der Waals surface area (Å²) in [5.41, 5.74) is 0. The molecule has 0 aromatic rings. The number of nitrogens with zero attached hydrogens (tertiary/aromatic N) is 1. The standard InChI is InChI=1S/C16H31N3O2/c1-21-13-12-19-10-6-15(7-11-19)18-16(20)3-2-14-4-8-17-9-5-14/h14-15,17H,2-13H2,1H3,(H,18,20). The molecule has 0 aromatic carbocycles. The molecule has 2 N–H and O–H groups in total. The molecule has 2 aliphatic rings. The molecule has 2 saturated heterocycles. The summed E-state index contributed by atoms with van der Waals surface area (Å²) in [6.07, 6.45) is 6.36. The van der Waals surface area contributed by atoms with Gasteiger partial charge in [0.2, 0.25) is 5.91 Å². The maximum Gasteiger partial charge on any atom is 0.220 e. The first-order chi connectivity index (χ1) is 10.3. The van der Waals surface area contributed by atoms with Gasteiger partial charge in [-0.3, -0.25) is 4.79 Å². The van der Waals surface area contributed by atoms with Gasteiger partial charge in [0.25, 0.3) is 0 Å². The summed E-state index contributed by atoms with van der Waals surface area (Å²) < 4.78 is 5.11. The number of carbonyl (C=O) groups excluding carboxylic acids is 1. The highest BCUT2D eigenvalue weighted by Crippen LogP contribution is 2.18. The smallest absolute Gasteiger partial charge is 0.220 e. The van der Waals surface area contributed by atoms with Crippen LogP contribution in [0.3, 0.4) is 0 Å². The molecule has 0 spiro atoms. The average Bonchev–Trinajstić information content (AvgIpc) is 2.53. The number of likely N-dealkylation sites (tertiary alicyclic amines) is 1. The second-order valence-electron chi connectivity index (χ2n) is 6.41. The second-order valence-corrected chi connectivity index (χ2v) is 6.41. The van der Waals surface area contributed by atoms with Gasteiger partial charge in [0, 0.05) is 39.2 Å². The van der Waals surface area contributed by atoms with Crippen LogP contribution in [0.2, 0.25) is 0 Å². The first-order valence-electron chi connectivity index (χ1n) is 8.49. The van der Waals surface area contributed by atoms with Crippen molar-refractivity contribution in [3.8, 4) is 0 Å². The lowest BCUT2D eigenvalue weighted by Crippen LogP contribution is -2.45. The molecule has 2 heterocycles. The van der Waals surface area contributed by atoms with Crippen LogP contribution in [-0.2, 0) is 9.53 Å². The minimum absolute atomic E-state index is 0.254. The van der Waals surface area contributed by atoms with Gasteiger partial charge in [0.05, 0.1) is 6.61 Å². The Morgan fingerprint density at radius 3 is 2.62 bits per heavy atom. The fourth-order valence-electron chi connectivity index (χ4n) is 3.33. The fourth-order valence-corrected chi connectivity index (χ4v) is 3.33. The van der Waals surface area contributed by atoms with Crippen LogP contribution in [0, 0.1) is 5.92 Å². The zero-order valence-electron chi connectivity index (χ0n) is 13.4. The number of ether oxygens (including phenoxy) is 1. The van der Waals surface area contributed by atoms with E-state index in [0.717, 1.165) is 64.5 Å². The van der Waals surface area contributed by atoms with E-state index < -0.39 is 0 Å². The van der Waals surface area contributed by atoms with E-state index >= 15 is 0 Å². The van der Waals surface area contributed by atoms with Crippen molar-refractivity contribution in [3.63, 3.8) is 0 Å². The quantitative estimate of drug-likeness (QED) is 0.736. The summed E-state index contributed by atoms with van der Waals surface area (Å²) in [6.45, 7) is 6.18. The predicted molar refractivity (Wildman–Crippen MR) is 84.3 cm³/mol. The maximum absolute atomic E-state index is 12.0. The molecule has 21 heavy (non-hydrogen) atoms. The molecule has 0 unspecified atom stereocenters. The minimum atomic E-state index is 0.254. The van der Waals surface area contributed by atoms with E-state index in [-0.39, 0.29) is 5.91 Å². The summed E-state index contributed by atoms with van der Waals surface area (Å²) in [5.74, 6) is 0.997. The topological polar surface area (TPSA) is 53.6 Å². The maximum atomic E-state index is 12.0. The van der Waals surface area contributed by atoms with Crippen LogP contribution in [0.5, 0.6) is 0 Å². The molecule has 0 atom stereocenters. The molecule has 5 heteroatoms. The number of rotatable bonds is 7. The highest BCUT2D eigenvalue weighted by molar-refractivity contribution is 5.76. The Morgan fingerprint density at radius 2 is 1.95 bits per heavy atom. The van der Waals surface area contributed by atoms with E-state index in [2.05, 4.69) is 15.5 Å². The molecule has 5 nitrogen and oxygen atoms in total. The number of piperidine rings is 2. The van der Waals surface area contributed by atoms with Crippen molar-refractivity contribution < 1.29 is 9.53 Å². The minimum Gasteiger partial charge on any atom is -0.383 e. The molecule has 2 aliphatic heterocycles. The summed E-state index contributed by atoms with van der Waals surface area (Å²) in [4.78, 5) is 14.5. The summed E-state index contributed by atoms with van der Waals surface area (Å²) in [7, 11) is 1.75. The van der Waals surface area contributed by atoms with Crippen LogP contribution in [0.15, 0.2) is 0 Å². The Kier molecular flexibility index (Phi) is 7.47. The highest BCUT2D eigenvalue weighted by Gasteiger charge is 2.21. The molecule has 122 valence electrons. The van der Waals surface area contributed by atoms with Crippen molar-refractivity contribution in [2.24, 2.45) is 5.92 Å². The van der Waals surface area contributed by atoms with Crippen LogP contribution in [0.25, 0.3) is 0 Å². The largest absolute Gasteiger partial charge is 0.383 e. The lowest BCUT2D eigenvalue weighted by atomic mass is 9.93. The van der Waals surface area contributed by atoms with Crippen LogP contribution in [0.1, 0.15) is 38.5 Å². The molecule has 1 amide bonds. The Morgan fingerprint density at radius 1 is 1.24 bits per heavy atom. The van der Waals surface area contributed by atoms with E-state index in [1.54, 1.807) is 7.11 Å². The van der Waals surface area contributed by atoms with E-state index in [1.165, 1.54) is 12.8 Å². The van der Waals surface area contributed by atoms with Crippen molar-refractivity contribution in [3.05, 3.63) is 0 Å². The summed E-state index contributed by atoms with van der Waals surface area (Å²) in [5, 5.41) is 6.60. The van der Waals surface area contributed by atoms with Crippen LogP contribution in [-0.4, -0.2) is 63.3 Å². The van der Waals surface area contributed by atoms with Gasteiger partial charge >= 0.3 is 0 Å². The van der Waals surface area contributed by atoms with Gasteiger partial charge in [-0.25, -0.2) is 0 Å². The molecule has 0 radical (unpaired) electrons. The molecule has 0 saturated carbocycles. The molecule has 0 bridgehead atoms. The third kappa shape index (κ3) is 6.32. The first kappa shape index (κ1) is 16.7. The zero-order chi connectivity index (χ0) is 14.9. The molecular formula is C16H31N3O2. The van der Waals surface area contributed by atoms with Gasteiger partial charge in [-0.2, -0.15) is 0 Å². The first-order valence-corrected chi connectivity index (χ1v) is 8.49. The molecular weight excluding hydrogens is 266 g/mol. The Labute approximate surface area is 128 Å². The van der Waals surface area contributed by atoms with Gasteiger partial charge in [0.1, 0.15) is 0 Å². The number of nitrogens with one attached hydrogen (secondary N) is 2. The highest BCUT2D eigenvalue weighted by atomic mass is 16.5. The van der Waals surface area contributed by atoms with Crippen LogP contribution in [0.4, 0.5) is 0 Å². The fraction of sp³-hybridized carbons (Fsp3) is 0.938. The van der Waals surface area contributed by atoms with Gasteiger partial charge in [-0.15, -0.1) is 0 Å². The number of methoxy groups -OCH3 is 1. The van der Waals surface area contributed by atoms with E-state index in [0.29, 0.717) is 12.5 Å². The number of hydrogen-bond donors (Lipinski definition) is 2.